The minimum Gasteiger partial charge on any atom is -0.399 e. The van der Waals surface area contributed by atoms with Crippen molar-refractivity contribution in [1.82, 2.24) is 9.55 Å². The molecule has 0 saturated carbocycles. The fourth-order valence-electron chi connectivity index (χ4n) is 1.92. The molecule has 17 heavy (non-hydrogen) atoms. The Morgan fingerprint density at radius 2 is 2.18 bits per heavy atom. The SMILES string of the molecule is CC(CS(C)(=O)=O)n1cnc2cc(N)ccc21. The first-order valence-electron chi connectivity index (χ1n) is 5.26. The van der Waals surface area contributed by atoms with Crippen molar-refractivity contribution in [1.29, 1.82) is 0 Å². The summed E-state index contributed by atoms with van der Waals surface area (Å²) in [6, 6.07) is 5.28. The Bertz CT molecular complexity index is 646. The molecule has 1 aromatic heterocycles. The largest absolute Gasteiger partial charge is 0.399 e. The lowest BCUT2D eigenvalue weighted by molar-refractivity contribution is 0.568. The highest BCUT2D eigenvalue weighted by Crippen LogP contribution is 2.20. The van der Waals surface area contributed by atoms with Crippen LogP contribution in [0.1, 0.15) is 13.0 Å². The van der Waals surface area contributed by atoms with Gasteiger partial charge in [-0.25, -0.2) is 13.4 Å². The van der Waals surface area contributed by atoms with Gasteiger partial charge in [0.05, 0.1) is 23.1 Å². The van der Waals surface area contributed by atoms with Gasteiger partial charge in [0.2, 0.25) is 0 Å². The van der Waals surface area contributed by atoms with Gasteiger partial charge in [-0.1, -0.05) is 0 Å². The number of nitrogen functional groups attached to an aromatic ring is 1. The molecule has 2 rings (SSSR count). The second-order valence-electron chi connectivity index (χ2n) is 4.34. The summed E-state index contributed by atoms with van der Waals surface area (Å²) in [6.07, 6.45) is 2.89. The van der Waals surface area contributed by atoms with Gasteiger partial charge in [-0.3, -0.25) is 0 Å². The predicted molar refractivity (Wildman–Crippen MR) is 68.6 cm³/mol. The number of nitrogens with zero attached hydrogens (tertiary/aromatic N) is 2. The van der Waals surface area contributed by atoms with Crippen molar-refractivity contribution < 1.29 is 8.42 Å². The Kier molecular flexibility index (Phi) is 2.82. The van der Waals surface area contributed by atoms with Crippen LogP contribution in [0.2, 0.25) is 0 Å². The van der Waals surface area contributed by atoms with Crippen LogP contribution in [-0.4, -0.2) is 30.0 Å². The molecule has 0 aliphatic heterocycles. The summed E-state index contributed by atoms with van der Waals surface area (Å²) in [5.74, 6) is 0.100. The summed E-state index contributed by atoms with van der Waals surface area (Å²) >= 11 is 0. The first kappa shape index (κ1) is 11.9. The predicted octanol–water partition coefficient (Wildman–Crippen LogP) is 1.22. The molecule has 0 radical (unpaired) electrons. The molecule has 5 nitrogen and oxygen atoms in total. The van der Waals surface area contributed by atoms with Crippen LogP contribution >= 0.6 is 0 Å². The van der Waals surface area contributed by atoms with Crippen LogP contribution in [-0.2, 0) is 9.84 Å². The monoisotopic (exact) mass is 253 g/mol. The summed E-state index contributed by atoms with van der Waals surface area (Å²) in [6.45, 7) is 1.86. The summed E-state index contributed by atoms with van der Waals surface area (Å²) < 4.78 is 24.4. The zero-order valence-corrected chi connectivity index (χ0v) is 10.6. The van der Waals surface area contributed by atoms with Gasteiger partial charge in [0.1, 0.15) is 9.84 Å². The second kappa shape index (κ2) is 4.03. The van der Waals surface area contributed by atoms with E-state index in [1.165, 1.54) is 6.26 Å². The third-order valence-corrected chi connectivity index (χ3v) is 3.71. The van der Waals surface area contributed by atoms with Gasteiger partial charge in [0, 0.05) is 18.0 Å². The van der Waals surface area contributed by atoms with Crippen LogP contribution in [0.15, 0.2) is 24.5 Å². The minimum atomic E-state index is -3.00. The van der Waals surface area contributed by atoms with E-state index in [0.717, 1.165) is 11.0 Å². The zero-order chi connectivity index (χ0) is 12.6. The molecule has 1 unspecified atom stereocenters. The molecule has 1 heterocycles. The fourth-order valence-corrected chi connectivity index (χ4v) is 2.96. The molecular formula is C11H15N3O2S. The molecule has 2 N–H and O–H groups in total. The number of anilines is 1. The molecule has 6 heteroatoms. The van der Waals surface area contributed by atoms with E-state index in [-0.39, 0.29) is 11.8 Å². The quantitative estimate of drug-likeness (QED) is 0.834. The lowest BCUT2D eigenvalue weighted by atomic mass is 10.2. The van der Waals surface area contributed by atoms with Crippen LogP contribution in [0.5, 0.6) is 0 Å². The Hall–Kier alpha value is -1.56. The smallest absolute Gasteiger partial charge is 0.149 e. The van der Waals surface area contributed by atoms with E-state index in [1.54, 1.807) is 18.5 Å². The van der Waals surface area contributed by atoms with E-state index in [0.29, 0.717) is 5.69 Å². The van der Waals surface area contributed by atoms with Crippen molar-refractivity contribution in [2.45, 2.75) is 13.0 Å². The number of nitrogens with two attached hydrogens (primary N) is 1. The topological polar surface area (TPSA) is 78.0 Å². The van der Waals surface area contributed by atoms with Gasteiger partial charge < -0.3 is 10.3 Å². The van der Waals surface area contributed by atoms with E-state index in [9.17, 15) is 8.42 Å². The Morgan fingerprint density at radius 1 is 1.47 bits per heavy atom. The molecule has 92 valence electrons. The summed E-state index contributed by atoms with van der Waals surface area (Å²) in [5.41, 5.74) is 8.00. The fraction of sp³-hybridized carbons (Fsp3) is 0.364. The van der Waals surface area contributed by atoms with Gasteiger partial charge in [0.25, 0.3) is 0 Å². The van der Waals surface area contributed by atoms with Gasteiger partial charge in [-0.2, -0.15) is 0 Å². The third kappa shape index (κ3) is 2.58. The molecule has 0 aliphatic carbocycles. The highest BCUT2D eigenvalue weighted by atomic mass is 32.2. The number of aromatic nitrogens is 2. The minimum absolute atomic E-state index is 0.100. The lowest BCUT2D eigenvalue weighted by Gasteiger charge is -2.13. The van der Waals surface area contributed by atoms with E-state index >= 15 is 0 Å². The molecule has 0 bridgehead atoms. The van der Waals surface area contributed by atoms with Crippen molar-refractivity contribution in [2.75, 3.05) is 17.7 Å². The standard InChI is InChI=1S/C11H15N3O2S/c1-8(6-17(2,15)16)14-7-13-10-5-9(12)3-4-11(10)14/h3-5,7-8H,6,12H2,1-2H3. The number of sulfone groups is 1. The van der Waals surface area contributed by atoms with Crippen LogP contribution in [0.25, 0.3) is 11.0 Å². The van der Waals surface area contributed by atoms with Crippen molar-refractivity contribution in [3.05, 3.63) is 24.5 Å². The summed E-state index contributed by atoms with van der Waals surface area (Å²) in [5, 5.41) is 0. The van der Waals surface area contributed by atoms with Crippen LogP contribution in [0, 0.1) is 0 Å². The maximum Gasteiger partial charge on any atom is 0.149 e. The van der Waals surface area contributed by atoms with Crippen molar-refractivity contribution >= 4 is 26.6 Å². The number of rotatable bonds is 3. The van der Waals surface area contributed by atoms with E-state index in [4.69, 9.17) is 5.73 Å². The number of benzene rings is 1. The Balaban J connectivity index is 2.42. The van der Waals surface area contributed by atoms with Crippen molar-refractivity contribution in [2.24, 2.45) is 0 Å². The molecule has 0 saturated heterocycles. The molecule has 1 atom stereocenters. The summed E-state index contributed by atoms with van der Waals surface area (Å²) in [4.78, 5) is 4.22. The highest BCUT2D eigenvalue weighted by molar-refractivity contribution is 7.90. The zero-order valence-electron chi connectivity index (χ0n) is 9.79. The van der Waals surface area contributed by atoms with Crippen molar-refractivity contribution in [3.63, 3.8) is 0 Å². The third-order valence-electron chi connectivity index (χ3n) is 2.62. The number of hydrogen-bond donors (Lipinski definition) is 1. The maximum absolute atomic E-state index is 11.3. The van der Waals surface area contributed by atoms with Gasteiger partial charge in [0.15, 0.2) is 0 Å². The molecule has 0 spiro atoms. The second-order valence-corrected chi connectivity index (χ2v) is 6.53. The van der Waals surface area contributed by atoms with Crippen LogP contribution in [0.3, 0.4) is 0 Å². The first-order valence-corrected chi connectivity index (χ1v) is 7.32. The lowest BCUT2D eigenvalue weighted by Crippen LogP contribution is -2.15. The van der Waals surface area contributed by atoms with Gasteiger partial charge >= 0.3 is 0 Å². The molecule has 2 aromatic rings. The maximum atomic E-state index is 11.3. The van der Waals surface area contributed by atoms with Gasteiger partial charge in [-0.05, 0) is 25.1 Å². The van der Waals surface area contributed by atoms with E-state index in [2.05, 4.69) is 4.98 Å². The highest BCUT2D eigenvalue weighted by Gasteiger charge is 2.14. The Morgan fingerprint density at radius 3 is 2.82 bits per heavy atom. The molecule has 0 fully saturated rings. The van der Waals surface area contributed by atoms with Crippen molar-refractivity contribution in [3.8, 4) is 0 Å². The Labute approximate surface area is 100 Å². The van der Waals surface area contributed by atoms with E-state index < -0.39 is 9.84 Å². The number of fused-ring (bicyclic) bond motifs is 1. The van der Waals surface area contributed by atoms with E-state index in [1.807, 2.05) is 17.6 Å². The molecular weight excluding hydrogens is 238 g/mol. The average molecular weight is 253 g/mol. The van der Waals surface area contributed by atoms with Gasteiger partial charge in [-0.15, -0.1) is 0 Å². The van der Waals surface area contributed by atoms with Crippen LogP contribution < -0.4 is 5.73 Å². The molecule has 0 aliphatic rings. The first-order chi connectivity index (χ1) is 7.87. The van der Waals surface area contributed by atoms with Crippen LogP contribution in [0.4, 0.5) is 5.69 Å². The molecule has 1 aromatic carbocycles. The number of hydrogen-bond acceptors (Lipinski definition) is 4. The molecule has 0 amide bonds. The normalized spacial score (nSPS) is 14.0. The number of imidazole rings is 1. The average Bonchev–Trinajstić information content (AvgIpc) is 2.57. The summed E-state index contributed by atoms with van der Waals surface area (Å²) in [7, 11) is -3.00.